The first kappa shape index (κ1) is 19.4. The van der Waals surface area contributed by atoms with Crippen molar-refractivity contribution in [2.24, 2.45) is 5.73 Å². The van der Waals surface area contributed by atoms with Gasteiger partial charge in [-0.3, -0.25) is 0 Å². The Bertz CT molecular complexity index is 1100. The Balaban J connectivity index is 1.78. The average Bonchev–Trinajstić information content (AvgIpc) is 2.78. The summed E-state index contributed by atoms with van der Waals surface area (Å²) >= 11 is 0. The maximum atomic E-state index is 10.1. The van der Waals surface area contributed by atoms with Gasteiger partial charge in [-0.15, -0.1) is 0 Å². The first-order chi connectivity index (χ1) is 14.1. The van der Waals surface area contributed by atoms with E-state index >= 15 is 0 Å². The number of hydrogen-bond donors (Lipinski definition) is 1. The molecule has 0 saturated carbocycles. The summed E-state index contributed by atoms with van der Waals surface area (Å²) in [5, 5.41) is 11.3. The Morgan fingerprint density at radius 3 is 2.59 bits per heavy atom. The number of aryl methyl sites for hydroxylation is 1. The molecule has 0 amide bonds. The molecule has 1 aliphatic carbocycles. The van der Waals surface area contributed by atoms with Crippen LogP contribution in [0.4, 0.5) is 0 Å². The van der Waals surface area contributed by atoms with Crippen molar-refractivity contribution in [3.05, 3.63) is 70.3 Å². The summed E-state index contributed by atoms with van der Waals surface area (Å²) < 4.78 is 5.61. The molecule has 0 radical (unpaired) electrons. The number of aromatic nitrogens is 1. The number of rotatable bonds is 5. The Kier molecular flexibility index (Phi) is 5.25. The molecule has 0 fully saturated rings. The highest BCUT2D eigenvalue weighted by Crippen LogP contribution is 2.36. The van der Waals surface area contributed by atoms with E-state index in [2.05, 4.69) is 36.4 Å². The monoisotopic (exact) mass is 385 g/mol. The van der Waals surface area contributed by atoms with E-state index in [4.69, 9.17) is 15.5 Å². The second-order valence-electron chi connectivity index (χ2n) is 8.16. The highest BCUT2D eigenvalue weighted by atomic mass is 16.5. The number of nitriles is 1. The van der Waals surface area contributed by atoms with Crippen LogP contribution in [0.2, 0.25) is 0 Å². The standard InChI is InChI=1S/C25H27N3O/c1-25(16-27,14-17-6-5-7-18(12-17)15-26)19-10-11-21-20-8-3-4-9-22(20)24(29-2)28-23(21)13-19/h5-7,10-13H,3-4,8-9,14-15,26H2,1-2H3. The first-order valence-electron chi connectivity index (χ1n) is 10.3. The average molecular weight is 386 g/mol. The van der Waals surface area contributed by atoms with Gasteiger partial charge in [-0.05, 0) is 67.3 Å². The quantitative estimate of drug-likeness (QED) is 0.696. The predicted octanol–water partition coefficient (Wildman–Crippen LogP) is 4.60. The fraction of sp³-hybridized carbons (Fsp3) is 0.360. The molecule has 4 nitrogen and oxygen atoms in total. The van der Waals surface area contributed by atoms with E-state index in [0.717, 1.165) is 40.9 Å². The van der Waals surface area contributed by atoms with E-state index in [1.54, 1.807) is 7.11 Å². The molecule has 29 heavy (non-hydrogen) atoms. The molecular weight excluding hydrogens is 358 g/mol. The van der Waals surface area contributed by atoms with E-state index < -0.39 is 5.41 Å². The van der Waals surface area contributed by atoms with Crippen molar-refractivity contribution < 1.29 is 4.74 Å². The Labute approximate surface area is 172 Å². The lowest BCUT2D eigenvalue weighted by atomic mass is 9.77. The van der Waals surface area contributed by atoms with Gasteiger partial charge in [0.25, 0.3) is 0 Å². The van der Waals surface area contributed by atoms with Crippen LogP contribution >= 0.6 is 0 Å². The lowest BCUT2D eigenvalue weighted by Crippen LogP contribution is -2.23. The number of nitrogens with two attached hydrogens (primary N) is 1. The van der Waals surface area contributed by atoms with Gasteiger partial charge in [0.15, 0.2) is 0 Å². The minimum Gasteiger partial charge on any atom is -0.481 e. The molecule has 4 heteroatoms. The third-order valence-electron chi connectivity index (χ3n) is 6.13. The van der Waals surface area contributed by atoms with Gasteiger partial charge >= 0.3 is 0 Å². The van der Waals surface area contributed by atoms with Crippen LogP contribution in [0.25, 0.3) is 10.9 Å². The summed E-state index contributed by atoms with van der Waals surface area (Å²) in [5.74, 6) is 0.735. The molecule has 2 aromatic carbocycles. The normalized spacial score (nSPS) is 15.4. The van der Waals surface area contributed by atoms with Gasteiger partial charge in [0.1, 0.15) is 0 Å². The van der Waals surface area contributed by atoms with Crippen LogP contribution in [0, 0.1) is 11.3 Å². The minimum absolute atomic E-state index is 0.502. The largest absolute Gasteiger partial charge is 0.481 e. The SMILES string of the molecule is COc1nc2cc(C(C)(C#N)Cc3cccc(CN)c3)ccc2c2c1CCCC2. The maximum Gasteiger partial charge on any atom is 0.217 e. The van der Waals surface area contributed by atoms with Gasteiger partial charge in [0.05, 0.1) is 24.1 Å². The molecule has 0 spiro atoms. The second kappa shape index (κ2) is 7.85. The molecule has 0 bridgehead atoms. The molecule has 1 atom stereocenters. The number of pyridine rings is 1. The summed E-state index contributed by atoms with van der Waals surface area (Å²) in [5.41, 5.74) is 11.8. The molecule has 148 valence electrons. The Morgan fingerprint density at radius 1 is 1.10 bits per heavy atom. The summed E-state index contributed by atoms with van der Waals surface area (Å²) in [4.78, 5) is 4.80. The van der Waals surface area contributed by atoms with Crippen molar-refractivity contribution in [1.82, 2.24) is 4.98 Å². The molecule has 0 aliphatic heterocycles. The van der Waals surface area contributed by atoms with Crippen molar-refractivity contribution in [2.75, 3.05) is 7.11 Å². The van der Waals surface area contributed by atoms with Crippen LogP contribution in [0.5, 0.6) is 5.88 Å². The predicted molar refractivity (Wildman–Crippen MR) is 116 cm³/mol. The number of ether oxygens (including phenoxy) is 1. The summed E-state index contributed by atoms with van der Waals surface area (Å²) in [6.45, 7) is 2.50. The Hall–Kier alpha value is -2.90. The third kappa shape index (κ3) is 3.59. The van der Waals surface area contributed by atoms with Gasteiger partial charge in [-0.2, -0.15) is 5.26 Å². The smallest absolute Gasteiger partial charge is 0.217 e. The lowest BCUT2D eigenvalue weighted by Gasteiger charge is -2.24. The van der Waals surface area contributed by atoms with Crippen LogP contribution in [0.1, 0.15) is 47.6 Å². The van der Waals surface area contributed by atoms with Crippen molar-refractivity contribution in [3.63, 3.8) is 0 Å². The Morgan fingerprint density at radius 2 is 1.86 bits per heavy atom. The number of hydrogen-bond acceptors (Lipinski definition) is 4. The van der Waals surface area contributed by atoms with Crippen LogP contribution < -0.4 is 10.5 Å². The molecule has 2 N–H and O–H groups in total. The third-order valence-corrected chi connectivity index (χ3v) is 6.13. The zero-order valence-corrected chi connectivity index (χ0v) is 17.2. The number of methoxy groups -OCH3 is 1. The zero-order valence-electron chi connectivity index (χ0n) is 17.2. The number of fused-ring (bicyclic) bond motifs is 3. The van der Waals surface area contributed by atoms with E-state index in [9.17, 15) is 5.26 Å². The van der Waals surface area contributed by atoms with Crippen LogP contribution in [-0.4, -0.2) is 12.1 Å². The summed E-state index contributed by atoms with van der Waals surface area (Å²) in [6.07, 6.45) is 5.10. The van der Waals surface area contributed by atoms with Crippen LogP contribution in [0.3, 0.4) is 0 Å². The van der Waals surface area contributed by atoms with E-state index in [0.29, 0.717) is 13.0 Å². The lowest BCUT2D eigenvalue weighted by molar-refractivity contribution is 0.391. The van der Waals surface area contributed by atoms with Gasteiger partial charge in [0.2, 0.25) is 5.88 Å². The van der Waals surface area contributed by atoms with E-state index in [-0.39, 0.29) is 0 Å². The minimum atomic E-state index is -0.647. The van der Waals surface area contributed by atoms with Crippen molar-refractivity contribution in [2.45, 2.75) is 51.0 Å². The number of nitrogens with zero attached hydrogens (tertiary/aromatic N) is 2. The highest BCUT2D eigenvalue weighted by Gasteiger charge is 2.28. The van der Waals surface area contributed by atoms with E-state index in [1.165, 1.54) is 29.4 Å². The zero-order chi connectivity index (χ0) is 20.4. The van der Waals surface area contributed by atoms with Crippen LogP contribution in [0.15, 0.2) is 42.5 Å². The molecule has 3 aromatic rings. The van der Waals surface area contributed by atoms with Gasteiger partial charge < -0.3 is 10.5 Å². The van der Waals surface area contributed by atoms with Gasteiger partial charge in [0, 0.05) is 17.5 Å². The van der Waals surface area contributed by atoms with Crippen molar-refractivity contribution >= 4 is 10.9 Å². The topological polar surface area (TPSA) is 71.9 Å². The second-order valence-corrected chi connectivity index (χ2v) is 8.16. The molecular formula is C25H27N3O. The van der Waals surface area contributed by atoms with Crippen molar-refractivity contribution in [3.8, 4) is 11.9 Å². The molecule has 1 aliphatic rings. The van der Waals surface area contributed by atoms with Crippen molar-refractivity contribution in [1.29, 1.82) is 5.26 Å². The fourth-order valence-corrected chi connectivity index (χ4v) is 4.49. The number of benzene rings is 2. The summed E-state index contributed by atoms with van der Waals surface area (Å²) in [7, 11) is 1.69. The molecule has 0 saturated heterocycles. The molecule has 4 rings (SSSR count). The van der Waals surface area contributed by atoms with Gasteiger partial charge in [-0.1, -0.05) is 36.4 Å². The molecule has 1 aromatic heterocycles. The molecule has 1 unspecified atom stereocenters. The first-order valence-corrected chi connectivity index (χ1v) is 10.3. The summed E-state index contributed by atoms with van der Waals surface area (Å²) in [6, 6.07) is 17.0. The van der Waals surface area contributed by atoms with Crippen LogP contribution in [-0.2, 0) is 31.2 Å². The van der Waals surface area contributed by atoms with E-state index in [1.807, 2.05) is 19.1 Å². The maximum absolute atomic E-state index is 10.1. The highest BCUT2D eigenvalue weighted by molar-refractivity contribution is 5.85. The fourth-order valence-electron chi connectivity index (χ4n) is 4.49. The van der Waals surface area contributed by atoms with Gasteiger partial charge in [-0.25, -0.2) is 4.98 Å². The molecule has 1 heterocycles.